The van der Waals surface area contributed by atoms with Crippen molar-refractivity contribution in [3.63, 3.8) is 0 Å². The van der Waals surface area contributed by atoms with Crippen LogP contribution >= 0.6 is 0 Å². The van der Waals surface area contributed by atoms with Gasteiger partial charge in [0.25, 0.3) is 0 Å². The summed E-state index contributed by atoms with van der Waals surface area (Å²) >= 11 is 0. The van der Waals surface area contributed by atoms with Crippen molar-refractivity contribution in [3.8, 4) is 0 Å². The molecule has 1 N–H and O–H groups in total. The molecule has 1 aliphatic heterocycles. The first-order valence-corrected chi connectivity index (χ1v) is 9.15. The Bertz CT molecular complexity index is 637. The number of cyclic esters (lactones) is 1. The minimum absolute atomic E-state index is 0.137. The normalized spacial score (nSPS) is 21.2. The van der Waals surface area contributed by atoms with Gasteiger partial charge in [-0.15, -0.1) is 0 Å². The third kappa shape index (κ3) is 5.14. The maximum Gasteiger partial charge on any atom is 0.334 e. The van der Waals surface area contributed by atoms with E-state index < -0.39 is 18.2 Å². The van der Waals surface area contributed by atoms with Gasteiger partial charge in [-0.1, -0.05) is 32.8 Å². The lowest BCUT2D eigenvalue weighted by Crippen LogP contribution is -2.40. The second-order valence-corrected chi connectivity index (χ2v) is 6.75. The van der Waals surface area contributed by atoms with Crippen LogP contribution in [0, 0.1) is 5.92 Å². The van der Waals surface area contributed by atoms with Gasteiger partial charge < -0.3 is 14.6 Å². The van der Waals surface area contributed by atoms with E-state index in [2.05, 4.69) is 4.98 Å². The number of hydrogen-bond donors (Lipinski definition) is 1. The van der Waals surface area contributed by atoms with Crippen molar-refractivity contribution in [2.24, 2.45) is 5.92 Å². The van der Waals surface area contributed by atoms with E-state index in [4.69, 9.17) is 9.47 Å². The molecular formula is C20H27NO5. The first kappa shape index (κ1) is 20.1. The predicted octanol–water partition coefficient (Wildman–Crippen LogP) is 2.90. The smallest absolute Gasteiger partial charge is 0.334 e. The second kappa shape index (κ2) is 9.48. The Hall–Kier alpha value is -2.21. The number of pyridine rings is 1. The Balaban J connectivity index is 2.04. The number of ether oxygens (including phenoxy) is 2. The average molecular weight is 361 g/mol. The van der Waals surface area contributed by atoms with Crippen molar-refractivity contribution in [1.29, 1.82) is 0 Å². The van der Waals surface area contributed by atoms with E-state index >= 15 is 0 Å². The summed E-state index contributed by atoms with van der Waals surface area (Å²) in [6.45, 7) is 3.52. The van der Waals surface area contributed by atoms with Crippen LogP contribution in [-0.4, -0.2) is 40.8 Å². The molecule has 0 aliphatic carbocycles. The van der Waals surface area contributed by atoms with Crippen molar-refractivity contribution in [2.45, 2.75) is 51.6 Å². The number of aliphatic hydroxyl groups is 1. The zero-order chi connectivity index (χ0) is 19.0. The predicted molar refractivity (Wildman–Crippen MR) is 97.0 cm³/mol. The van der Waals surface area contributed by atoms with Gasteiger partial charge in [-0.2, -0.15) is 0 Å². The number of carbonyl (C=O) groups is 2. The van der Waals surface area contributed by atoms with Gasteiger partial charge in [0, 0.05) is 24.4 Å². The fourth-order valence-electron chi connectivity index (χ4n) is 3.10. The van der Waals surface area contributed by atoms with E-state index in [-0.39, 0.29) is 24.9 Å². The number of rotatable bonds is 9. The molecule has 1 aromatic rings. The molecule has 0 aromatic carbocycles. The monoisotopic (exact) mass is 361 g/mol. The van der Waals surface area contributed by atoms with Crippen molar-refractivity contribution < 1.29 is 24.2 Å². The summed E-state index contributed by atoms with van der Waals surface area (Å²) in [7, 11) is 0. The second-order valence-electron chi connectivity index (χ2n) is 6.75. The third-order valence-electron chi connectivity index (χ3n) is 4.48. The fourth-order valence-corrected chi connectivity index (χ4v) is 3.10. The van der Waals surface area contributed by atoms with E-state index in [0.717, 1.165) is 31.2 Å². The van der Waals surface area contributed by atoms with Crippen molar-refractivity contribution in [3.05, 3.63) is 35.7 Å². The summed E-state index contributed by atoms with van der Waals surface area (Å²) in [6, 6.07) is 3.60. The highest BCUT2D eigenvalue weighted by molar-refractivity contribution is 5.96. The van der Waals surface area contributed by atoms with Gasteiger partial charge in [0.15, 0.2) is 5.60 Å². The number of nitrogens with zero attached hydrogens (tertiary/aromatic N) is 1. The average Bonchev–Trinajstić information content (AvgIpc) is 2.96. The molecule has 0 saturated carbocycles. The molecule has 1 unspecified atom stereocenters. The maximum absolute atomic E-state index is 12.3. The number of aromatic nitrogens is 1. The molecule has 2 heterocycles. The van der Waals surface area contributed by atoms with Gasteiger partial charge >= 0.3 is 11.9 Å². The Kier molecular flexibility index (Phi) is 7.33. The molecule has 0 spiro atoms. The van der Waals surface area contributed by atoms with Crippen LogP contribution in [0.5, 0.6) is 0 Å². The highest BCUT2D eigenvalue weighted by Crippen LogP contribution is 2.32. The van der Waals surface area contributed by atoms with Crippen LogP contribution in [0.15, 0.2) is 30.1 Å². The largest absolute Gasteiger partial charge is 0.461 e. The van der Waals surface area contributed by atoms with Crippen LogP contribution in [0.2, 0.25) is 0 Å². The van der Waals surface area contributed by atoms with Crippen LogP contribution < -0.4 is 0 Å². The molecule has 142 valence electrons. The highest BCUT2D eigenvalue weighted by atomic mass is 16.6. The molecule has 1 aromatic heterocycles. The summed E-state index contributed by atoms with van der Waals surface area (Å²) in [5.74, 6) is -0.942. The number of hydrogen-bond acceptors (Lipinski definition) is 6. The molecule has 0 bridgehead atoms. The molecule has 6 heteroatoms. The minimum atomic E-state index is -1.20. The zero-order valence-electron chi connectivity index (χ0n) is 15.4. The first-order chi connectivity index (χ1) is 12.5. The highest BCUT2D eigenvalue weighted by Gasteiger charge is 2.44. The Morgan fingerprint density at radius 2 is 2.15 bits per heavy atom. The number of aliphatic hydroxyl groups excluding tert-OH is 1. The zero-order valence-corrected chi connectivity index (χ0v) is 15.4. The van der Waals surface area contributed by atoms with Gasteiger partial charge in [-0.3, -0.25) is 9.78 Å². The van der Waals surface area contributed by atoms with Gasteiger partial charge in [-0.05, 0) is 30.5 Å². The van der Waals surface area contributed by atoms with E-state index in [0.29, 0.717) is 5.57 Å². The van der Waals surface area contributed by atoms with Crippen LogP contribution in [-0.2, 0) is 19.1 Å². The molecule has 1 saturated heterocycles. The summed E-state index contributed by atoms with van der Waals surface area (Å²) in [5.41, 5.74) is 0.00180. The number of carbonyl (C=O) groups excluding carboxylic acids is 2. The van der Waals surface area contributed by atoms with Gasteiger partial charge in [-0.25, -0.2) is 4.79 Å². The lowest BCUT2D eigenvalue weighted by atomic mass is 9.97. The van der Waals surface area contributed by atoms with Gasteiger partial charge in [0.05, 0.1) is 12.5 Å². The van der Waals surface area contributed by atoms with Crippen molar-refractivity contribution in [1.82, 2.24) is 4.98 Å². The van der Waals surface area contributed by atoms with Crippen molar-refractivity contribution >= 4 is 18.0 Å². The standard InChI is InChI=1S/C20H27NO5/c1-3-6-16(7-4-2)18(23)25-14-20(13-22)11-17(19(24)26-20)10-15-8-5-9-21-12-15/h5,8-10,12,16,22H,3-4,6-7,11,13-14H2,1-2H3/b17-10-. The lowest BCUT2D eigenvalue weighted by molar-refractivity contribution is -0.169. The summed E-state index contributed by atoms with van der Waals surface area (Å²) < 4.78 is 10.8. The van der Waals surface area contributed by atoms with E-state index in [9.17, 15) is 14.7 Å². The quantitative estimate of drug-likeness (QED) is 0.538. The topological polar surface area (TPSA) is 85.7 Å². The molecule has 6 nitrogen and oxygen atoms in total. The SMILES string of the molecule is CCCC(CCC)C(=O)OCC1(CO)C/C(=C/c2cccnc2)C(=O)O1. The molecule has 0 amide bonds. The van der Waals surface area contributed by atoms with E-state index in [1.807, 2.05) is 19.9 Å². The molecule has 2 rings (SSSR count). The number of esters is 2. The fraction of sp³-hybridized carbons (Fsp3) is 0.550. The van der Waals surface area contributed by atoms with Crippen LogP contribution in [0.25, 0.3) is 6.08 Å². The Morgan fingerprint density at radius 1 is 1.42 bits per heavy atom. The van der Waals surface area contributed by atoms with Gasteiger partial charge in [0.2, 0.25) is 0 Å². The lowest BCUT2D eigenvalue weighted by Gasteiger charge is -2.25. The van der Waals surface area contributed by atoms with Gasteiger partial charge in [0.1, 0.15) is 6.61 Å². The molecule has 0 radical (unpaired) electrons. The third-order valence-corrected chi connectivity index (χ3v) is 4.48. The summed E-state index contributed by atoms with van der Waals surface area (Å²) in [6.07, 6.45) is 8.50. The maximum atomic E-state index is 12.3. The molecular weight excluding hydrogens is 334 g/mol. The summed E-state index contributed by atoms with van der Waals surface area (Å²) in [5, 5.41) is 9.77. The van der Waals surface area contributed by atoms with Crippen LogP contribution in [0.4, 0.5) is 0 Å². The molecule has 1 atom stereocenters. The molecule has 1 aliphatic rings. The first-order valence-electron chi connectivity index (χ1n) is 9.15. The van der Waals surface area contributed by atoms with Crippen LogP contribution in [0.1, 0.15) is 51.5 Å². The van der Waals surface area contributed by atoms with E-state index in [1.165, 1.54) is 0 Å². The van der Waals surface area contributed by atoms with Crippen molar-refractivity contribution in [2.75, 3.05) is 13.2 Å². The minimum Gasteiger partial charge on any atom is -0.461 e. The molecule has 26 heavy (non-hydrogen) atoms. The Labute approximate surface area is 154 Å². The Morgan fingerprint density at radius 3 is 2.73 bits per heavy atom. The van der Waals surface area contributed by atoms with Crippen LogP contribution in [0.3, 0.4) is 0 Å². The molecule has 1 fully saturated rings. The van der Waals surface area contributed by atoms with E-state index in [1.54, 1.807) is 24.5 Å². The summed E-state index contributed by atoms with van der Waals surface area (Å²) in [4.78, 5) is 28.5.